The fraction of sp³-hybridized carbons (Fsp3) is 0.481. The van der Waals surface area contributed by atoms with Gasteiger partial charge in [-0.3, -0.25) is 0 Å². The van der Waals surface area contributed by atoms with Crippen LogP contribution in [0.3, 0.4) is 0 Å². The second-order valence-corrected chi connectivity index (χ2v) is 8.62. The first-order valence-corrected chi connectivity index (χ1v) is 11.4. The minimum absolute atomic E-state index is 1.14. The summed E-state index contributed by atoms with van der Waals surface area (Å²) < 4.78 is 0. The highest BCUT2D eigenvalue weighted by Crippen LogP contribution is 2.25. The third-order valence-corrected chi connectivity index (χ3v) is 6.54. The fourth-order valence-corrected chi connectivity index (χ4v) is 5.02. The Labute approximate surface area is 171 Å². The Hall–Kier alpha value is -1.86. The number of nitrogens with zero attached hydrogens (tertiary/aromatic N) is 1. The number of rotatable bonds is 6. The maximum Gasteiger partial charge on any atom is 0.00160 e. The van der Waals surface area contributed by atoms with Crippen LogP contribution in [0.1, 0.15) is 60.8 Å². The van der Waals surface area contributed by atoms with Crippen LogP contribution in [-0.2, 0) is 25.7 Å². The molecule has 2 aliphatic rings. The van der Waals surface area contributed by atoms with E-state index >= 15 is 0 Å². The van der Waals surface area contributed by atoms with E-state index in [1.165, 1.54) is 83.0 Å². The quantitative estimate of drug-likeness (QED) is 0.549. The molecule has 2 aromatic carbocycles. The lowest BCUT2D eigenvalue weighted by atomic mass is 9.87. The van der Waals surface area contributed by atoms with Gasteiger partial charge in [-0.05, 0) is 99.6 Å². The van der Waals surface area contributed by atoms with Gasteiger partial charge in [0.1, 0.15) is 0 Å². The van der Waals surface area contributed by atoms with Gasteiger partial charge in [-0.2, -0.15) is 0 Å². The van der Waals surface area contributed by atoms with E-state index in [1.54, 1.807) is 22.3 Å². The minimum atomic E-state index is 1.14. The molecule has 0 fully saturated rings. The van der Waals surface area contributed by atoms with Crippen LogP contribution in [-0.4, -0.2) is 24.5 Å². The van der Waals surface area contributed by atoms with Crippen molar-refractivity contribution < 1.29 is 0 Å². The third-order valence-electron chi connectivity index (χ3n) is 6.54. The van der Waals surface area contributed by atoms with Crippen molar-refractivity contribution in [3.63, 3.8) is 0 Å². The molecule has 2 aromatic rings. The average Bonchev–Trinajstić information content (AvgIpc) is 2.72. The monoisotopic (exact) mass is 373 g/mol. The summed E-state index contributed by atoms with van der Waals surface area (Å²) in [7, 11) is 0. The molecule has 28 heavy (non-hydrogen) atoms. The van der Waals surface area contributed by atoms with Crippen LogP contribution in [0, 0.1) is 0 Å². The first-order valence-electron chi connectivity index (χ1n) is 11.4. The van der Waals surface area contributed by atoms with Crippen LogP contribution < -0.4 is 0 Å². The van der Waals surface area contributed by atoms with E-state index in [0.717, 1.165) is 6.42 Å². The lowest BCUT2D eigenvalue weighted by molar-refractivity contribution is 0.268. The van der Waals surface area contributed by atoms with Gasteiger partial charge in [-0.25, -0.2) is 0 Å². The van der Waals surface area contributed by atoms with Gasteiger partial charge in [0.2, 0.25) is 0 Å². The standard InChI is InChI=1S/C27H35N/c1-2-10-23(11-3-1)22-24-12-7-19-28(20-8-13-24)21-9-17-26-16-6-15-25-14-4-5-18-27(25)26/h1-3,6,10-12,15-16H,4-5,7-9,13-14,17-22H2/b24-12+. The number of benzene rings is 2. The maximum atomic E-state index is 2.70. The van der Waals surface area contributed by atoms with Gasteiger partial charge < -0.3 is 4.90 Å². The third kappa shape index (κ3) is 5.35. The molecule has 4 rings (SSSR count). The summed E-state index contributed by atoms with van der Waals surface area (Å²) in [5.41, 5.74) is 8.05. The zero-order valence-electron chi connectivity index (χ0n) is 17.3. The number of aryl methyl sites for hydroxylation is 2. The highest BCUT2D eigenvalue weighted by Gasteiger charge is 2.14. The molecule has 0 bridgehead atoms. The molecule has 1 heteroatoms. The summed E-state index contributed by atoms with van der Waals surface area (Å²) in [5.74, 6) is 0. The lowest BCUT2D eigenvalue weighted by Crippen LogP contribution is -2.28. The van der Waals surface area contributed by atoms with Crippen LogP contribution in [0.4, 0.5) is 0 Å². The van der Waals surface area contributed by atoms with Crippen molar-refractivity contribution in [1.29, 1.82) is 0 Å². The van der Waals surface area contributed by atoms with Gasteiger partial charge in [-0.1, -0.05) is 60.2 Å². The smallest absolute Gasteiger partial charge is 0.00160 e. The summed E-state index contributed by atoms with van der Waals surface area (Å²) in [6.07, 6.45) is 15.4. The van der Waals surface area contributed by atoms with Gasteiger partial charge in [0.25, 0.3) is 0 Å². The maximum absolute atomic E-state index is 2.70. The van der Waals surface area contributed by atoms with Gasteiger partial charge in [0.15, 0.2) is 0 Å². The minimum Gasteiger partial charge on any atom is -0.303 e. The zero-order valence-corrected chi connectivity index (χ0v) is 17.3. The molecule has 1 nitrogen and oxygen atoms in total. The predicted octanol–water partition coefficient (Wildman–Crippen LogP) is 6.15. The second kappa shape index (κ2) is 10.1. The number of allylic oxidation sites excluding steroid dienone is 1. The zero-order chi connectivity index (χ0) is 19.0. The molecule has 0 saturated heterocycles. The Morgan fingerprint density at radius 2 is 1.68 bits per heavy atom. The number of hydrogen-bond acceptors (Lipinski definition) is 1. The van der Waals surface area contributed by atoms with E-state index in [9.17, 15) is 0 Å². The van der Waals surface area contributed by atoms with Gasteiger partial charge >= 0.3 is 0 Å². The van der Waals surface area contributed by atoms with E-state index in [0.29, 0.717) is 0 Å². The van der Waals surface area contributed by atoms with Gasteiger partial charge in [0.05, 0.1) is 0 Å². The van der Waals surface area contributed by atoms with Crippen molar-refractivity contribution in [3.8, 4) is 0 Å². The largest absolute Gasteiger partial charge is 0.303 e. The van der Waals surface area contributed by atoms with Gasteiger partial charge in [-0.15, -0.1) is 0 Å². The molecule has 1 aliphatic carbocycles. The second-order valence-electron chi connectivity index (χ2n) is 8.62. The summed E-state index contributed by atoms with van der Waals surface area (Å²) in [4.78, 5) is 2.70. The predicted molar refractivity (Wildman–Crippen MR) is 120 cm³/mol. The van der Waals surface area contributed by atoms with Crippen LogP contribution >= 0.6 is 0 Å². The van der Waals surface area contributed by atoms with E-state index < -0.39 is 0 Å². The summed E-state index contributed by atoms with van der Waals surface area (Å²) in [6.45, 7) is 3.75. The molecule has 0 saturated carbocycles. The Morgan fingerprint density at radius 3 is 2.61 bits per heavy atom. The van der Waals surface area contributed by atoms with Crippen molar-refractivity contribution in [3.05, 3.63) is 82.4 Å². The van der Waals surface area contributed by atoms with Crippen LogP contribution in [0.15, 0.2) is 60.2 Å². The van der Waals surface area contributed by atoms with Crippen LogP contribution in [0.5, 0.6) is 0 Å². The Morgan fingerprint density at radius 1 is 0.786 bits per heavy atom. The van der Waals surface area contributed by atoms with Crippen molar-refractivity contribution in [2.75, 3.05) is 19.6 Å². The highest BCUT2D eigenvalue weighted by molar-refractivity contribution is 5.37. The summed E-state index contributed by atoms with van der Waals surface area (Å²) in [6, 6.07) is 18.0. The molecule has 0 aromatic heterocycles. The molecule has 1 aliphatic heterocycles. The van der Waals surface area contributed by atoms with Crippen LogP contribution in [0.25, 0.3) is 0 Å². The average molecular weight is 374 g/mol. The highest BCUT2D eigenvalue weighted by atomic mass is 15.1. The molecule has 0 spiro atoms. The Balaban J connectivity index is 1.25. The SMILES string of the molecule is C1=C(/Cc2ccccc2)CCCN(CCCc2cccc3c2CCCC3)CC/1. The van der Waals surface area contributed by atoms with Gasteiger partial charge in [0, 0.05) is 6.54 Å². The van der Waals surface area contributed by atoms with Crippen LogP contribution in [0.2, 0.25) is 0 Å². The molecule has 0 amide bonds. The van der Waals surface area contributed by atoms with E-state index in [4.69, 9.17) is 0 Å². The van der Waals surface area contributed by atoms with Crippen molar-refractivity contribution >= 4 is 0 Å². The molecule has 0 radical (unpaired) electrons. The van der Waals surface area contributed by atoms with Crippen molar-refractivity contribution in [2.45, 2.75) is 64.2 Å². The topological polar surface area (TPSA) is 3.24 Å². The fourth-order valence-electron chi connectivity index (χ4n) is 5.02. The molecule has 0 atom stereocenters. The Bertz CT molecular complexity index is 774. The first kappa shape index (κ1) is 19.5. The van der Waals surface area contributed by atoms with E-state index in [1.807, 2.05) is 0 Å². The Kier molecular flexibility index (Phi) is 7.00. The van der Waals surface area contributed by atoms with Crippen molar-refractivity contribution in [2.24, 2.45) is 0 Å². The van der Waals surface area contributed by atoms with E-state index in [-0.39, 0.29) is 0 Å². The molecular formula is C27H35N. The van der Waals surface area contributed by atoms with E-state index in [2.05, 4.69) is 59.5 Å². The molecule has 0 unspecified atom stereocenters. The lowest BCUT2D eigenvalue weighted by Gasteiger charge is -2.25. The molecule has 1 heterocycles. The molecule has 0 N–H and O–H groups in total. The molecule has 148 valence electrons. The molecular weight excluding hydrogens is 338 g/mol. The first-order chi connectivity index (χ1) is 13.9. The normalized spacial score (nSPS) is 19.9. The van der Waals surface area contributed by atoms with Crippen molar-refractivity contribution in [1.82, 2.24) is 4.90 Å². The summed E-state index contributed by atoms with van der Waals surface area (Å²) in [5, 5.41) is 0. The number of hydrogen-bond donors (Lipinski definition) is 0. The summed E-state index contributed by atoms with van der Waals surface area (Å²) >= 11 is 0. The number of fused-ring (bicyclic) bond motifs is 1.